The minimum absolute atomic E-state index is 0. The van der Waals surface area contributed by atoms with E-state index in [0.29, 0.717) is 5.56 Å². The second kappa shape index (κ2) is 9.42. The number of hydrogen-bond acceptors (Lipinski definition) is 4. The SMILES string of the molecule is C/C=C(/CCCN1CCN(C)CC1)c1scc(C(=O)O)c1C.Cl. The van der Waals surface area contributed by atoms with Gasteiger partial charge in [-0.15, -0.1) is 23.7 Å². The molecule has 0 spiro atoms. The molecule has 0 aliphatic carbocycles. The third kappa shape index (κ3) is 5.31. The van der Waals surface area contributed by atoms with Crippen LogP contribution in [-0.2, 0) is 0 Å². The zero-order chi connectivity index (χ0) is 16.1. The van der Waals surface area contributed by atoms with Gasteiger partial charge in [0.2, 0.25) is 0 Å². The van der Waals surface area contributed by atoms with Crippen molar-refractivity contribution in [1.29, 1.82) is 0 Å². The van der Waals surface area contributed by atoms with E-state index in [4.69, 9.17) is 0 Å². The number of allylic oxidation sites excluding steroid dienone is 2. The standard InChI is InChI=1S/C17H26N2O2S.ClH/c1-4-14(16-13(2)15(12-22-16)17(20)21)6-5-7-19-10-8-18(3)9-11-19;/h4,12H,5-11H2,1-3H3,(H,20,21);1H/b14-4-;. The molecule has 0 atom stereocenters. The quantitative estimate of drug-likeness (QED) is 0.843. The van der Waals surface area contributed by atoms with Gasteiger partial charge in [0.05, 0.1) is 5.56 Å². The van der Waals surface area contributed by atoms with Crippen molar-refractivity contribution >= 4 is 35.3 Å². The first-order valence-corrected chi connectivity index (χ1v) is 8.78. The number of nitrogens with zero attached hydrogens (tertiary/aromatic N) is 2. The van der Waals surface area contributed by atoms with Crippen LogP contribution < -0.4 is 0 Å². The Morgan fingerprint density at radius 2 is 2.00 bits per heavy atom. The van der Waals surface area contributed by atoms with Gasteiger partial charge in [0.25, 0.3) is 0 Å². The number of hydrogen-bond donors (Lipinski definition) is 1. The van der Waals surface area contributed by atoms with Crippen LogP contribution >= 0.6 is 23.7 Å². The van der Waals surface area contributed by atoms with Gasteiger partial charge in [-0.1, -0.05) is 6.08 Å². The van der Waals surface area contributed by atoms with Gasteiger partial charge in [-0.2, -0.15) is 0 Å². The maximum Gasteiger partial charge on any atom is 0.336 e. The van der Waals surface area contributed by atoms with Crippen LogP contribution in [-0.4, -0.2) is 60.6 Å². The van der Waals surface area contributed by atoms with E-state index in [9.17, 15) is 9.90 Å². The molecule has 23 heavy (non-hydrogen) atoms. The van der Waals surface area contributed by atoms with Gasteiger partial charge in [-0.25, -0.2) is 4.79 Å². The van der Waals surface area contributed by atoms with E-state index >= 15 is 0 Å². The van der Waals surface area contributed by atoms with Crippen molar-refractivity contribution in [3.8, 4) is 0 Å². The molecule has 0 aromatic carbocycles. The van der Waals surface area contributed by atoms with Crippen LogP contribution in [0.5, 0.6) is 0 Å². The maximum absolute atomic E-state index is 11.2. The van der Waals surface area contributed by atoms with Crippen molar-refractivity contribution in [2.45, 2.75) is 26.7 Å². The zero-order valence-corrected chi connectivity index (χ0v) is 15.8. The molecule has 1 N–H and O–H groups in total. The number of likely N-dealkylation sites (N-methyl/N-ethyl adjacent to an activating group) is 1. The predicted molar refractivity (Wildman–Crippen MR) is 100 cm³/mol. The number of thiophene rings is 1. The minimum atomic E-state index is -0.826. The lowest BCUT2D eigenvalue weighted by molar-refractivity contribution is 0.0696. The number of carboxylic acids is 1. The zero-order valence-electron chi connectivity index (χ0n) is 14.2. The molecule has 1 aliphatic heterocycles. The van der Waals surface area contributed by atoms with Crippen molar-refractivity contribution < 1.29 is 9.90 Å². The molecule has 0 saturated carbocycles. The highest BCUT2D eigenvalue weighted by atomic mass is 35.5. The van der Waals surface area contributed by atoms with Crippen molar-refractivity contribution in [3.63, 3.8) is 0 Å². The van der Waals surface area contributed by atoms with Crippen molar-refractivity contribution in [2.24, 2.45) is 0 Å². The normalized spacial score (nSPS) is 17.1. The first-order chi connectivity index (χ1) is 10.5. The molecule has 0 bridgehead atoms. The number of aromatic carboxylic acids is 1. The molecule has 0 unspecified atom stereocenters. The molecule has 1 fully saturated rings. The molecular formula is C17H27ClN2O2S. The molecule has 1 aromatic heterocycles. The van der Waals surface area contributed by atoms with Gasteiger partial charge in [0, 0.05) is 36.4 Å². The first-order valence-electron chi connectivity index (χ1n) is 7.90. The van der Waals surface area contributed by atoms with Gasteiger partial charge in [-0.3, -0.25) is 0 Å². The summed E-state index contributed by atoms with van der Waals surface area (Å²) in [6.45, 7) is 9.71. The smallest absolute Gasteiger partial charge is 0.336 e. The van der Waals surface area contributed by atoms with Crippen LogP contribution in [0.15, 0.2) is 11.5 Å². The molecule has 1 aliphatic rings. The van der Waals surface area contributed by atoms with E-state index < -0.39 is 5.97 Å². The molecule has 2 heterocycles. The molecule has 6 heteroatoms. The van der Waals surface area contributed by atoms with Crippen LogP contribution in [0.3, 0.4) is 0 Å². The fourth-order valence-electron chi connectivity index (χ4n) is 2.90. The summed E-state index contributed by atoms with van der Waals surface area (Å²) < 4.78 is 0. The summed E-state index contributed by atoms with van der Waals surface area (Å²) in [6.07, 6.45) is 4.28. The van der Waals surface area contributed by atoms with E-state index in [1.807, 2.05) is 13.8 Å². The Balaban J connectivity index is 0.00000264. The number of carbonyl (C=O) groups is 1. The Bertz CT molecular complexity index is 549. The van der Waals surface area contributed by atoms with Crippen molar-refractivity contribution in [1.82, 2.24) is 9.80 Å². The van der Waals surface area contributed by atoms with Crippen LogP contribution in [0.2, 0.25) is 0 Å². The Labute approximate surface area is 149 Å². The fraction of sp³-hybridized carbons (Fsp3) is 0.588. The summed E-state index contributed by atoms with van der Waals surface area (Å²) in [5, 5.41) is 10.9. The highest BCUT2D eigenvalue weighted by Gasteiger charge is 2.17. The fourth-order valence-corrected chi connectivity index (χ4v) is 4.07. The largest absolute Gasteiger partial charge is 0.478 e. The second-order valence-electron chi connectivity index (χ2n) is 5.97. The molecule has 4 nitrogen and oxygen atoms in total. The molecule has 130 valence electrons. The number of halogens is 1. The number of piperazine rings is 1. The van der Waals surface area contributed by atoms with E-state index in [-0.39, 0.29) is 12.4 Å². The lowest BCUT2D eigenvalue weighted by Gasteiger charge is -2.32. The first kappa shape index (κ1) is 20.2. The highest BCUT2D eigenvalue weighted by Crippen LogP contribution is 2.31. The summed E-state index contributed by atoms with van der Waals surface area (Å²) in [4.78, 5) is 17.2. The van der Waals surface area contributed by atoms with E-state index in [0.717, 1.165) is 56.0 Å². The third-order valence-electron chi connectivity index (χ3n) is 4.43. The summed E-state index contributed by atoms with van der Waals surface area (Å²) >= 11 is 1.55. The summed E-state index contributed by atoms with van der Waals surface area (Å²) in [6, 6.07) is 0. The van der Waals surface area contributed by atoms with Crippen LogP contribution in [0, 0.1) is 6.92 Å². The van der Waals surface area contributed by atoms with Gasteiger partial charge < -0.3 is 14.9 Å². The van der Waals surface area contributed by atoms with Gasteiger partial charge in [0.1, 0.15) is 0 Å². The average Bonchev–Trinajstić information content (AvgIpc) is 2.87. The van der Waals surface area contributed by atoms with Crippen LogP contribution in [0.4, 0.5) is 0 Å². The average molecular weight is 359 g/mol. The lowest BCUT2D eigenvalue weighted by atomic mass is 10.0. The second-order valence-corrected chi connectivity index (χ2v) is 6.85. The Hall–Kier alpha value is -0.880. The molecule has 0 amide bonds. The predicted octanol–water partition coefficient (Wildman–Crippen LogP) is 3.61. The summed E-state index contributed by atoms with van der Waals surface area (Å²) in [5.74, 6) is -0.826. The van der Waals surface area contributed by atoms with Crippen molar-refractivity contribution in [2.75, 3.05) is 39.8 Å². The minimum Gasteiger partial charge on any atom is -0.478 e. The Morgan fingerprint density at radius 1 is 1.35 bits per heavy atom. The maximum atomic E-state index is 11.2. The van der Waals surface area contributed by atoms with Gasteiger partial charge in [0.15, 0.2) is 0 Å². The van der Waals surface area contributed by atoms with Gasteiger partial charge in [-0.05, 0) is 51.4 Å². The Morgan fingerprint density at radius 3 is 2.52 bits per heavy atom. The third-order valence-corrected chi connectivity index (χ3v) is 5.58. The summed E-state index contributed by atoms with van der Waals surface area (Å²) in [7, 11) is 2.18. The molecule has 2 rings (SSSR count). The molecular weight excluding hydrogens is 332 g/mol. The number of carboxylic acid groups (broad SMARTS) is 1. The molecule has 0 radical (unpaired) electrons. The van der Waals surface area contributed by atoms with E-state index in [1.54, 1.807) is 16.7 Å². The van der Waals surface area contributed by atoms with Crippen LogP contribution in [0.25, 0.3) is 5.57 Å². The van der Waals surface area contributed by atoms with E-state index in [1.165, 1.54) is 5.57 Å². The van der Waals surface area contributed by atoms with Crippen molar-refractivity contribution in [3.05, 3.63) is 27.5 Å². The Kier molecular flexibility index (Phi) is 8.26. The number of rotatable bonds is 6. The van der Waals surface area contributed by atoms with Gasteiger partial charge >= 0.3 is 5.97 Å². The molecule has 1 aromatic rings. The summed E-state index contributed by atoms with van der Waals surface area (Å²) in [5.41, 5.74) is 2.63. The lowest BCUT2D eigenvalue weighted by Crippen LogP contribution is -2.44. The highest BCUT2D eigenvalue weighted by molar-refractivity contribution is 7.11. The monoisotopic (exact) mass is 358 g/mol. The molecule has 1 saturated heterocycles. The van der Waals surface area contributed by atoms with Crippen LogP contribution in [0.1, 0.15) is 40.6 Å². The topological polar surface area (TPSA) is 43.8 Å². The van der Waals surface area contributed by atoms with E-state index in [2.05, 4.69) is 22.9 Å².